The molecule has 2 aliphatic carbocycles. The number of carbonyl (C=O) groups is 6. The van der Waals surface area contributed by atoms with Crippen LogP contribution in [-0.2, 0) is 33.5 Å². The SMILES string of the molecule is O=C(O)C1CC(C(=O)O)C(C(=O)OC(=O)C2CC(C(=O)O)CC2C(=O)O)C1. The highest BCUT2D eigenvalue weighted by Gasteiger charge is 2.50. The molecule has 2 saturated carbocycles. The molecular formula is C16H18O11. The van der Waals surface area contributed by atoms with E-state index in [4.69, 9.17) is 20.4 Å². The first-order valence-electron chi connectivity index (χ1n) is 8.19. The van der Waals surface area contributed by atoms with E-state index in [-0.39, 0.29) is 25.7 Å². The van der Waals surface area contributed by atoms with Gasteiger partial charge in [-0.3, -0.25) is 28.8 Å². The van der Waals surface area contributed by atoms with E-state index in [2.05, 4.69) is 4.74 Å². The van der Waals surface area contributed by atoms with Gasteiger partial charge in [0.25, 0.3) is 0 Å². The van der Waals surface area contributed by atoms with E-state index < -0.39 is 71.3 Å². The average molecular weight is 386 g/mol. The standard InChI is InChI=1S/C16H18O11/c17-11(18)5-1-7(13(21)22)9(3-5)15(25)27-16(26)10-4-6(12(19)20)2-8(10)14(23)24/h5-10H,1-4H2,(H,17,18)(H,19,20)(H,21,22)(H,23,24). The average Bonchev–Trinajstić information content (AvgIpc) is 3.19. The van der Waals surface area contributed by atoms with Gasteiger partial charge in [0.2, 0.25) is 0 Å². The van der Waals surface area contributed by atoms with E-state index in [0.29, 0.717) is 0 Å². The summed E-state index contributed by atoms with van der Waals surface area (Å²) >= 11 is 0. The van der Waals surface area contributed by atoms with E-state index in [0.717, 1.165) is 0 Å². The molecule has 2 aliphatic rings. The van der Waals surface area contributed by atoms with Crippen molar-refractivity contribution >= 4 is 35.8 Å². The van der Waals surface area contributed by atoms with Gasteiger partial charge in [-0.05, 0) is 25.7 Å². The summed E-state index contributed by atoms with van der Waals surface area (Å²) in [4.78, 5) is 69.1. The van der Waals surface area contributed by atoms with Crippen molar-refractivity contribution in [2.45, 2.75) is 25.7 Å². The van der Waals surface area contributed by atoms with E-state index in [1.54, 1.807) is 0 Å². The number of carboxylic acids is 4. The molecular weight excluding hydrogens is 368 g/mol. The fourth-order valence-electron chi connectivity index (χ4n) is 3.80. The number of esters is 2. The maximum Gasteiger partial charge on any atom is 0.317 e. The molecule has 2 rings (SSSR count). The molecule has 0 aromatic rings. The minimum atomic E-state index is -1.40. The lowest BCUT2D eigenvalue weighted by Gasteiger charge is -2.17. The number of ether oxygens (including phenoxy) is 1. The van der Waals surface area contributed by atoms with Crippen molar-refractivity contribution in [1.29, 1.82) is 0 Å². The molecule has 2 fully saturated rings. The second-order valence-electron chi connectivity index (χ2n) is 6.86. The molecule has 0 spiro atoms. The monoisotopic (exact) mass is 386 g/mol. The number of rotatable bonds is 6. The van der Waals surface area contributed by atoms with Crippen molar-refractivity contribution in [3.8, 4) is 0 Å². The summed E-state index contributed by atoms with van der Waals surface area (Å²) in [6.07, 6.45) is -1.21. The van der Waals surface area contributed by atoms with E-state index >= 15 is 0 Å². The molecule has 4 N–H and O–H groups in total. The van der Waals surface area contributed by atoms with Gasteiger partial charge in [0.05, 0.1) is 35.5 Å². The largest absolute Gasteiger partial charge is 0.481 e. The molecule has 0 radical (unpaired) electrons. The summed E-state index contributed by atoms with van der Waals surface area (Å²) < 4.78 is 4.64. The van der Waals surface area contributed by atoms with Gasteiger partial charge in [-0.1, -0.05) is 0 Å². The fraction of sp³-hybridized carbons (Fsp3) is 0.625. The zero-order valence-corrected chi connectivity index (χ0v) is 13.9. The van der Waals surface area contributed by atoms with Crippen LogP contribution in [0.2, 0.25) is 0 Å². The van der Waals surface area contributed by atoms with E-state index in [1.807, 2.05) is 0 Å². The number of hydrogen-bond donors (Lipinski definition) is 4. The Morgan fingerprint density at radius 3 is 1.07 bits per heavy atom. The van der Waals surface area contributed by atoms with Crippen molar-refractivity contribution in [3.05, 3.63) is 0 Å². The molecule has 0 aliphatic heterocycles. The molecule has 0 aromatic carbocycles. The van der Waals surface area contributed by atoms with Gasteiger partial charge in [-0.15, -0.1) is 0 Å². The van der Waals surface area contributed by atoms with Gasteiger partial charge in [-0.2, -0.15) is 0 Å². The minimum Gasteiger partial charge on any atom is -0.481 e. The summed E-state index contributed by atoms with van der Waals surface area (Å²) in [7, 11) is 0. The lowest BCUT2D eigenvalue weighted by Crippen LogP contribution is -2.33. The summed E-state index contributed by atoms with van der Waals surface area (Å²) in [6, 6.07) is 0. The predicted molar refractivity (Wildman–Crippen MR) is 81.1 cm³/mol. The third-order valence-electron chi connectivity index (χ3n) is 5.26. The number of carbonyl (C=O) groups excluding carboxylic acids is 2. The molecule has 27 heavy (non-hydrogen) atoms. The Balaban J connectivity index is 2.10. The zero-order chi connectivity index (χ0) is 20.5. The van der Waals surface area contributed by atoms with E-state index in [9.17, 15) is 28.8 Å². The van der Waals surface area contributed by atoms with Crippen molar-refractivity contribution in [2.75, 3.05) is 0 Å². The van der Waals surface area contributed by atoms with Gasteiger partial charge in [0, 0.05) is 0 Å². The van der Waals surface area contributed by atoms with Crippen molar-refractivity contribution < 1.29 is 53.9 Å². The van der Waals surface area contributed by atoms with Gasteiger partial charge in [0.15, 0.2) is 0 Å². The molecule has 6 atom stereocenters. The highest BCUT2D eigenvalue weighted by atomic mass is 16.6. The molecule has 0 heterocycles. The normalized spacial score (nSPS) is 32.6. The molecule has 6 unspecified atom stereocenters. The number of hydrogen-bond acceptors (Lipinski definition) is 7. The quantitative estimate of drug-likeness (QED) is 0.345. The highest BCUT2D eigenvalue weighted by molar-refractivity contribution is 5.93. The maximum absolute atomic E-state index is 12.2. The van der Waals surface area contributed by atoms with Crippen LogP contribution in [0.15, 0.2) is 0 Å². The third kappa shape index (κ3) is 4.23. The lowest BCUT2D eigenvalue weighted by molar-refractivity contribution is -0.171. The third-order valence-corrected chi connectivity index (χ3v) is 5.26. The van der Waals surface area contributed by atoms with Crippen LogP contribution in [-0.4, -0.2) is 56.2 Å². The molecule has 0 saturated heterocycles. The summed E-state index contributed by atoms with van der Waals surface area (Å²) in [5.74, 6) is -15.3. The van der Waals surface area contributed by atoms with Crippen LogP contribution in [0.5, 0.6) is 0 Å². The molecule has 11 nitrogen and oxygen atoms in total. The molecule has 148 valence electrons. The topological polar surface area (TPSA) is 193 Å². The van der Waals surface area contributed by atoms with Crippen LogP contribution in [0.3, 0.4) is 0 Å². The van der Waals surface area contributed by atoms with Gasteiger partial charge < -0.3 is 25.2 Å². The lowest BCUT2D eigenvalue weighted by atomic mass is 9.95. The van der Waals surface area contributed by atoms with Crippen molar-refractivity contribution in [3.63, 3.8) is 0 Å². The Bertz CT molecular complexity index is 638. The maximum atomic E-state index is 12.2. The molecule has 11 heteroatoms. The van der Waals surface area contributed by atoms with Crippen LogP contribution in [0, 0.1) is 35.5 Å². The van der Waals surface area contributed by atoms with Crippen LogP contribution >= 0.6 is 0 Å². The smallest absolute Gasteiger partial charge is 0.317 e. The van der Waals surface area contributed by atoms with Crippen LogP contribution in [0.25, 0.3) is 0 Å². The van der Waals surface area contributed by atoms with Crippen LogP contribution in [0.4, 0.5) is 0 Å². The predicted octanol–water partition coefficient (Wildman–Crippen LogP) is -0.321. The van der Waals surface area contributed by atoms with Gasteiger partial charge in [0.1, 0.15) is 0 Å². The Kier molecular flexibility index (Phi) is 5.82. The first kappa shape index (κ1) is 20.3. The highest BCUT2D eigenvalue weighted by Crippen LogP contribution is 2.40. The summed E-state index contributed by atoms with van der Waals surface area (Å²) in [5.41, 5.74) is 0. The number of carboxylic acid groups (broad SMARTS) is 4. The molecule has 0 bridgehead atoms. The van der Waals surface area contributed by atoms with Crippen molar-refractivity contribution in [1.82, 2.24) is 0 Å². The van der Waals surface area contributed by atoms with Gasteiger partial charge >= 0.3 is 35.8 Å². The minimum absolute atomic E-state index is 0.291. The Labute approximate surface area is 151 Å². The summed E-state index contributed by atoms with van der Waals surface area (Å²) in [5, 5.41) is 36.3. The van der Waals surface area contributed by atoms with Crippen LogP contribution < -0.4 is 0 Å². The second-order valence-corrected chi connectivity index (χ2v) is 6.86. The van der Waals surface area contributed by atoms with Crippen LogP contribution in [0.1, 0.15) is 25.7 Å². The first-order valence-corrected chi connectivity index (χ1v) is 8.19. The second kappa shape index (κ2) is 7.72. The van der Waals surface area contributed by atoms with E-state index in [1.165, 1.54) is 0 Å². The summed E-state index contributed by atoms with van der Waals surface area (Å²) in [6.45, 7) is 0. The Hall–Kier alpha value is -2.98. The fourth-order valence-corrected chi connectivity index (χ4v) is 3.80. The number of aliphatic carboxylic acids is 4. The molecule has 0 aromatic heterocycles. The Morgan fingerprint density at radius 1 is 0.519 bits per heavy atom. The Morgan fingerprint density at radius 2 is 0.815 bits per heavy atom. The van der Waals surface area contributed by atoms with Crippen molar-refractivity contribution in [2.24, 2.45) is 35.5 Å². The van der Waals surface area contributed by atoms with Gasteiger partial charge in [-0.25, -0.2) is 0 Å². The first-order chi connectivity index (χ1) is 12.5. The zero-order valence-electron chi connectivity index (χ0n) is 13.9. The molecule has 0 amide bonds.